The number of carbonyl (C=O) groups excluding carboxylic acids is 1. The predicted octanol–water partition coefficient (Wildman–Crippen LogP) is 2.00. The second-order valence-electron chi connectivity index (χ2n) is 6.34. The van der Waals surface area contributed by atoms with Crippen molar-refractivity contribution in [3.8, 4) is 0 Å². The topological polar surface area (TPSA) is 66.5 Å². The van der Waals surface area contributed by atoms with Crippen LogP contribution in [-0.2, 0) is 4.74 Å². The zero-order chi connectivity index (χ0) is 18.2. The van der Waals surface area contributed by atoms with Gasteiger partial charge in [0.1, 0.15) is 5.82 Å². The van der Waals surface area contributed by atoms with E-state index in [1.54, 1.807) is 13.3 Å². The van der Waals surface area contributed by atoms with E-state index in [9.17, 15) is 4.79 Å². The quantitative estimate of drug-likeness (QED) is 0.745. The average molecular weight is 354 g/mol. The lowest BCUT2D eigenvalue weighted by molar-refractivity contribution is 0.0948. The minimum absolute atomic E-state index is 0.0843. The zero-order valence-corrected chi connectivity index (χ0v) is 15.1. The first kappa shape index (κ1) is 18.4. The number of benzene rings is 1. The van der Waals surface area contributed by atoms with Gasteiger partial charge in [-0.1, -0.05) is 30.3 Å². The number of pyridine rings is 1. The van der Waals surface area contributed by atoms with Crippen molar-refractivity contribution in [2.75, 3.05) is 44.8 Å². The molecule has 138 valence electrons. The van der Waals surface area contributed by atoms with Gasteiger partial charge < -0.3 is 20.3 Å². The van der Waals surface area contributed by atoms with Crippen molar-refractivity contribution in [2.24, 2.45) is 0 Å². The van der Waals surface area contributed by atoms with Gasteiger partial charge in [0.15, 0.2) is 0 Å². The first-order valence-corrected chi connectivity index (χ1v) is 9.05. The fourth-order valence-electron chi connectivity index (χ4n) is 3.19. The Morgan fingerprint density at radius 3 is 2.96 bits per heavy atom. The molecule has 1 saturated heterocycles. The number of hydrogen-bond donors (Lipinski definition) is 2. The normalized spacial score (nSPS) is 17.1. The van der Waals surface area contributed by atoms with Crippen LogP contribution in [0, 0.1) is 0 Å². The Bertz CT molecular complexity index is 708. The van der Waals surface area contributed by atoms with Gasteiger partial charge in [-0.3, -0.25) is 4.79 Å². The molecule has 6 nitrogen and oxygen atoms in total. The molecule has 3 rings (SSSR count). The van der Waals surface area contributed by atoms with Crippen molar-refractivity contribution in [1.29, 1.82) is 0 Å². The van der Waals surface area contributed by atoms with Crippen LogP contribution in [0.1, 0.15) is 28.4 Å². The van der Waals surface area contributed by atoms with Crippen molar-refractivity contribution in [3.63, 3.8) is 0 Å². The Hall–Kier alpha value is -2.44. The Morgan fingerprint density at radius 1 is 1.31 bits per heavy atom. The largest absolute Gasteiger partial charge is 0.385 e. The van der Waals surface area contributed by atoms with E-state index in [1.807, 2.05) is 18.2 Å². The van der Waals surface area contributed by atoms with Crippen LogP contribution in [0.15, 0.2) is 48.7 Å². The molecule has 2 aromatic rings. The number of nitrogens with zero attached hydrogens (tertiary/aromatic N) is 2. The number of rotatable bonds is 7. The maximum Gasteiger partial charge on any atom is 0.255 e. The van der Waals surface area contributed by atoms with Crippen molar-refractivity contribution < 1.29 is 9.53 Å². The van der Waals surface area contributed by atoms with Gasteiger partial charge in [0.05, 0.1) is 5.56 Å². The molecular weight excluding hydrogens is 328 g/mol. The standard InChI is InChI=1S/C20H26N4O2/c1-26-14-6-11-23-20(25)17-9-5-10-22-19(17)24-13-12-21-18(15-24)16-7-3-2-4-8-16/h2-5,7-10,18,21H,6,11-15H2,1H3,(H,23,25)/t18-/m0/s1. The maximum atomic E-state index is 12.6. The van der Waals surface area contributed by atoms with E-state index in [4.69, 9.17) is 4.74 Å². The number of anilines is 1. The minimum Gasteiger partial charge on any atom is -0.385 e. The number of ether oxygens (including phenoxy) is 1. The number of aromatic nitrogens is 1. The first-order chi connectivity index (χ1) is 12.8. The number of nitrogens with one attached hydrogen (secondary N) is 2. The Kier molecular flexibility index (Phi) is 6.57. The molecule has 0 saturated carbocycles. The highest BCUT2D eigenvalue weighted by molar-refractivity contribution is 5.98. The molecule has 0 radical (unpaired) electrons. The summed E-state index contributed by atoms with van der Waals surface area (Å²) >= 11 is 0. The molecule has 0 bridgehead atoms. The number of methoxy groups -OCH3 is 1. The molecule has 0 unspecified atom stereocenters. The molecule has 0 spiro atoms. The van der Waals surface area contributed by atoms with Crippen LogP contribution in [0.3, 0.4) is 0 Å². The SMILES string of the molecule is COCCCNC(=O)c1cccnc1N1CCN[C@H](c2ccccc2)C1. The summed E-state index contributed by atoms with van der Waals surface area (Å²) in [6, 6.07) is 14.3. The van der Waals surface area contributed by atoms with Crippen molar-refractivity contribution >= 4 is 11.7 Å². The van der Waals surface area contributed by atoms with Gasteiger partial charge in [0.25, 0.3) is 5.91 Å². The van der Waals surface area contributed by atoms with Crippen LogP contribution in [0.25, 0.3) is 0 Å². The summed E-state index contributed by atoms with van der Waals surface area (Å²) in [6.45, 7) is 3.69. The Balaban J connectivity index is 1.71. The van der Waals surface area contributed by atoms with Crippen LogP contribution in [0.5, 0.6) is 0 Å². The molecular formula is C20H26N4O2. The van der Waals surface area contributed by atoms with Gasteiger partial charge in [-0.15, -0.1) is 0 Å². The number of amides is 1. The van der Waals surface area contributed by atoms with Crippen LogP contribution < -0.4 is 15.5 Å². The van der Waals surface area contributed by atoms with E-state index in [1.165, 1.54) is 5.56 Å². The number of hydrogen-bond acceptors (Lipinski definition) is 5. The first-order valence-electron chi connectivity index (χ1n) is 9.05. The third kappa shape index (κ3) is 4.59. The summed E-state index contributed by atoms with van der Waals surface area (Å²) in [4.78, 5) is 19.3. The molecule has 1 aromatic carbocycles. The molecule has 1 atom stereocenters. The monoisotopic (exact) mass is 354 g/mol. The van der Waals surface area contributed by atoms with Crippen LogP contribution in [0.4, 0.5) is 5.82 Å². The van der Waals surface area contributed by atoms with Crippen molar-refractivity contribution in [1.82, 2.24) is 15.6 Å². The van der Waals surface area contributed by atoms with Gasteiger partial charge in [-0.25, -0.2) is 4.98 Å². The summed E-state index contributed by atoms with van der Waals surface area (Å²) in [6.07, 6.45) is 2.54. The maximum absolute atomic E-state index is 12.6. The molecule has 26 heavy (non-hydrogen) atoms. The minimum atomic E-state index is -0.0843. The molecule has 1 aliphatic heterocycles. The summed E-state index contributed by atoms with van der Waals surface area (Å²) in [5.74, 6) is 0.665. The zero-order valence-electron chi connectivity index (χ0n) is 15.1. The molecule has 6 heteroatoms. The van der Waals surface area contributed by atoms with Gasteiger partial charge in [0.2, 0.25) is 0 Å². The molecule has 2 N–H and O–H groups in total. The van der Waals surface area contributed by atoms with E-state index in [0.29, 0.717) is 18.7 Å². The summed E-state index contributed by atoms with van der Waals surface area (Å²) in [5, 5.41) is 6.50. The van der Waals surface area contributed by atoms with E-state index in [2.05, 4.69) is 44.8 Å². The second kappa shape index (κ2) is 9.31. The fraction of sp³-hybridized carbons (Fsp3) is 0.400. The Morgan fingerprint density at radius 2 is 2.15 bits per heavy atom. The highest BCUT2D eigenvalue weighted by Crippen LogP contribution is 2.23. The van der Waals surface area contributed by atoms with E-state index in [0.717, 1.165) is 31.9 Å². The molecule has 2 heterocycles. The van der Waals surface area contributed by atoms with Gasteiger partial charge in [-0.2, -0.15) is 0 Å². The second-order valence-corrected chi connectivity index (χ2v) is 6.34. The van der Waals surface area contributed by atoms with Gasteiger partial charge >= 0.3 is 0 Å². The van der Waals surface area contributed by atoms with E-state index < -0.39 is 0 Å². The molecule has 1 aliphatic rings. The lowest BCUT2D eigenvalue weighted by Crippen LogP contribution is -2.46. The molecule has 0 aliphatic carbocycles. The number of carbonyl (C=O) groups is 1. The predicted molar refractivity (Wildman–Crippen MR) is 102 cm³/mol. The average Bonchev–Trinajstić information content (AvgIpc) is 2.72. The van der Waals surface area contributed by atoms with Crippen molar-refractivity contribution in [2.45, 2.75) is 12.5 Å². The van der Waals surface area contributed by atoms with E-state index in [-0.39, 0.29) is 11.9 Å². The third-order valence-corrected chi connectivity index (χ3v) is 4.52. The number of piperazine rings is 1. The lowest BCUT2D eigenvalue weighted by atomic mass is 10.0. The molecule has 1 fully saturated rings. The highest BCUT2D eigenvalue weighted by atomic mass is 16.5. The molecule has 1 aromatic heterocycles. The summed E-state index contributed by atoms with van der Waals surface area (Å²) < 4.78 is 5.02. The fourth-order valence-corrected chi connectivity index (χ4v) is 3.19. The van der Waals surface area contributed by atoms with Crippen LogP contribution in [-0.4, -0.2) is 50.8 Å². The summed E-state index contributed by atoms with van der Waals surface area (Å²) in [7, 11) is 1.66. The van der Waals surface area contributed by atoms with Crippen LogP contribution >= 0.6 is 0 Å². The Labute approximate surface area is 154 Å². The lowest BCUT2D eigenvalue weighted by Gasteiger charge is -2.35. The van der Waals surface area contributed by atoms with Gasteiger partial charge in [-0.05, 0) is 24.1 Å². The smallest absolute Gasteiger partial charge is 0.255 e. The molecule has 1 amide bonds. The van der Waals surface area contributed by atoms with Crippen LogP contribution in [0.2, 0.25) is 0 Å². The summed E-state index contributed by atoms with van der Waals surface area (Å²) in [5.41, 5.74) is 1.87. The third-order valence-electron chi connectivity index (χ3n) is 4.52. The van der Waals surface area contributed by atoms with Gasteiger partial charge in [0, 0.05) is 52.1 Å². The van der Waals surface area contributed by atoms with Crippen molar-refractivity contribution in [3.05, 3.63) is 59.8 Å². The highest BCUT2D eigenvalue weighted by Gasteiger charge is 2.24. The van der Waals surface area contributed by atoms with E-state index >= 15 is 0 Å².